The third kappa shape index (κ3) is 5.31. The standard InChI is InChI=1S/C12H19N4O10P3/c1-7-9(4-24-28(20,21)26-29(22,23)25-27(17,18)19)3-10(7)16-6-15-11-8(2)13-5-14-12(11)16/h5-6,8-10H,1,3-4H2,2H3,(H,13,14)(H,20,21)(H,22,23)(H2,17,18,19)/t8?,9-,10-/m0/s1. The molecule has 0 radical (unpaired) electrons. The average molecular weight is 472 g/mol. The first kappa shape index (κ1) is 22.5. The SMILES string of the molecule is C=C1[C@H](COP(=O)(O)OP(=O)(O)OP(=O)(O)O)C[C@@H]1n1cnc2c1NC=NC2C. The first-order chi connectivity index (χ1) is 13.3. The molecule has 3 unspecified atom stereocenters. The topological polar surface area (TPSA) is 202 Å². The van der Waals surface area contributed by atoms with Crippen LogP contribution in [0.2, 0.25) is 0 Å². The van der Waals surface area contributed by atoms with Crippen molar-refractivity contribution in [2.45, 2.75) is 25.4 Å². The molecule has 0 saturated heterocycles. The Hall–Kier alpha value is -1.17. The molecule has 5 N–H and O–H groups in total. The van der Waals surface area contributed by atoms with E-state index in [-0.39, 0.29) is 24.6 Å². The van der Waals surface area contributed by atoms with Crippen molar-refractivity contribution in [1.29, 1.82) is 0 Å². The fourth-order valence-electron chi connectivity index (χ4n) is 2.99. The molecule has 29 heavy (non-hydrogen) atoms. The van der Waals surface area contributed by atoms with Crippen molar-refractivity contribution >= 4 is 35.6 Å². The van der Waals surface area contributed by atoms with Crippen LogP contribution in [0.25, 0.3) is 0 Å². The molecule has 1 aromatic heterocycles. The van der Waals surface area contributed by atoms with E-state index in [0.29, 0.717) is 12.0 Å². The Morgan fingerprint density at radius 1 is 1.24 bits per heavy atom. The van der Waals surface area contributed by atoms with Crippen molar-refractivity contribution in [3.05, 3.63) is 24.2 Å². The van der Waals surface area contributed by atoms with Gasteiger partial charge in [-0.1, -0.05) is 6.58 Å². The molecular formula is C12H19N4O10P3. The zero-order chi connectivity index (χ0) is 21.6. The summed E-state index contributed by atoms with van der Waals surface area (Å²) in [6.07, 6.45) is 3.68. The van der Waals surface area contributed by atoms with Crippen LogP contribution in [-0.4, -0.2) is 42.1 Å². The van der Waals surface area contributed by atoms with Gasteiger partial charge in [-0.15, -0.1) is 0 Å². The van der Waals surface area contributed by atoms with Gasteiger partial charge in [0.2, 0.25) is 0 Å². The van der Waals surface area contributed by atoms with E-state index in [1.165, 1.54) is 0 Å². The second-order valence-electron chi connectivity index (χ2n) is 6.39. The predicted molar refractivity (Wildman–Crippen MR) is 98.9 cm³/mol. The molecule has 2 aliphatic rings. The summed E-state index contributed by atoms with van der Waals surface area (Å²) in [7, 11) is -16.1. The molecule has 0 amide bonds. The summed E-state index contributed by atoms with van der Waals surface area (Å²) in [5.41, 5.74) is 1.44. The van der Waals surface area contributed by atoms with Crippen molar-refractivity contribution in [1.82, 2.24) is 9.55 Å². The monoisotopic (exact) mass is 472 g/mol. The van der Waals surface area contributed by atoms with E-state index in [1.54, 1.807) is 12.7 Å². The van der Waals surface area contributed by atoms with Crippen LogP contribution in [0.3, 0.4) is 0 Å². The number of hydrogen-bond acceptors (Lipinski definition) is 9. The van der Waals surface area contributed by atoms with Gasteiger partial charge in [0.25, 0.3) is 0 Å². The third-order valence-corrected chi connectivity index (χ3v) is 8.17. The largest absolute Gasteiger partial charge is 0.490 e. The predicted octanol–water partition coefficient (Wildman–Crippen LogP) is 1.86. The van der Waals surface area contributed by atoms with Gasteiger partial charge in [0.15, 0.2) is 0 Å². The molecule has 2 heterocycles. The van der Waals surface area contributed by atoms with Gasteiger partial charge in [-0.25, -0.2) is 18.7 Å². The number of phosphoric acid groups is 3. The zero-order valence-electron chi connectivity index (χ0n) is 14.9. The Morgan fingerprint density at radius 2 is 1.93 bits per heavy atom. The van der Waals surface area contributed by atoms with Crippen molar-refractivity contribution in [3.8, 4) is 0 Å². The number of rotatable bonds is 8. The van der Waals surface area contributed by atoms with Crippen LogP contribution >= 0.6 is 23.5 Å². The fraction of sp³-hybridized carbons (Fsp3) is 0.500. The van der Waals surface area contributed by atoms with E-state index in [9.17, 15) is 18.6 Å². The van der Waals surface area contributed by atoms with Crippen LogP contribution in [0.4, 0.5) is 5.82 Å². The summed E-state index contributed by atoms with van der Waals surface area (Å²) in [4.78, 5) is 44.2. The highest BCUT2D eigenvalue weighted by Crippen LogP contribution is 2.66. The second kappa shape index (κ2) is 7.82. The molecule has 162 valence electrons. The van der Waals surface area contributed by atoms with Gasteiger partial charge in [0.1, 0.15) is 11.5 Å². The van der Waals surface area contributed by atoms with E-state index in [0.717, 1.165) is 11.5 Å². The van der Waals surface area contributed by atoms with E-state index in [4.69, 9.17) is 14.7 Å². The molecule has 1 aliphatic carbocycles. The summed E-state index contributed by atoms with van der Waals surface area (Å²) < 4.78 is 47.6. The average Bonchev–Trinajstić information content (AvgIpc) is 2.95. The van der Waals surface area contributed by atoms with Gasteiger partial charge in [-0.05, 0) is 18.9 Å². The molecule has 1 aliphatic heterocycles. The molecule has 3 rings (SSSR count). The maximum Gasteiger partial charge on any atom is 0.490 e. The normalized spacial score (nSPS) is 28.0. The first-order valence-electron chi connectivity index (χ1n) is 8.10. The number of anilines is 1. The second-order valence-corrected chi connectivity index (χ2v) is 10.8. The van der Waals surface area contributed by atoms with Crippen LogP contribution in [0.5, 0.6) is 0 Å². The Morgan fingerprint density at radius 3 is 2.55 bits per heavy atom. The molecule has 14 nitrogen and oxygen atoms in total. The maximum absolute atomic E-state index is 11.8. The van der Waals surface area contributed by atoms with Crippen LogP contribution in [0, 0.1) is 5.92 Å². The van der Waals surface area contributed by atoms with Crippen LogP contribution in [-0.2, 0) is 26.8 Å². The van der Waals surface area contributed by atoms with Crippen molar-refractivity contribution in [2.75, 3.05) is 11.9 Å². The Kier molecular flexibility index (Phi) is 6.07. The molecule has 1 fully saturated rings. The number of aliphatic imine (C=N–C) groups is 1. The number of imidazole rings is 1. The highest BCUT2D eigenvalue weighted by molar-refractivity contribution is 7.66. The van der Waals surface area contributed by atoms with E-state index < -0.39 is 23.5 Å². The maximum atomic E-state index is 11.8. The summed E-state index contributed by atoms with van der Waals surface area (Å²) in [5, 5.41) is 3.02. The summed E-state index contributed by atoms with van der Waals surface area (Å²) in [6.45, 7) is 5.46. The highest BCUT2D eigenvalue weighted by atomic mass is 31.3. The number of phosphoric ester groups is 1. The zero-order valence-corrected chi connectivity index (χ0v) is 17.6. The molecular weight excluding hydrogens is 453 g/mol. The van der Waals surface area contributed by atoms with Gasteiger partial charge in [-0.2, -0.15) is 8.62 Å². The summed E-state index contributed by atoms with van der Waals surface area (Å²) >= 11 is 0. The summed E-state index contributed by atoms with van der Waals surface area (Å²) in [6, 6.07) is -0.242. The minimum atomic E-state index is -5.53. The van der Waals surface area contributed by atoms with Crippen molar-refractivity contribution in [3.63, 3.8) is 0 Å². The van der Waals surface area contributed by atoms with Gasteiger partial charge in [0.05, 0.1) is 31.4 Å². The van der Waals surface area contributed by atoms with Gasteiger partial charge in [0, 0.05) is 5.92 Å². The van der Waals surface area contributed by atoms with E-state index in [1.807, 2.05) is 11.5 Å². The Labute approximate surface area is 164 Å². The minimum Gasteiger partial charge on any atom is -0.331 e. The number of nitrogens with one attached hydrogen (secondary N) is 1. The van der Waals surface area contributed by atoms with Gasteiger partial charge in [-0.3, -0.25) is 9.52 Å². The Balaban J connectivity index is 1.56. The Bertz CT molecular complexity index is 987. The highest BCUT2D eigenvalue weighted by Gasteiger charge is 2.43. The quantitative estimate of drug-likeness (QED) is 0.272. The lowest BCUT2D eigenvalue weighted by molar-refractivity contribution is 0.137. The number of fused-ring (bicyclic) bond motifs is 1. The number of hydrogen-bond donors (Lipinski definition) is 5. The minimum absolute atomic E-state index is 0.0954. The van der Waals surface area contributed by atoms with Crippen LogP contribution < -0.4 is 5.32 Å². The smallest absolute Gasteiger partial charge is 0.331 e. The molecule has 1 saturated carbocycles. The third-order valence-electron chi connectivity index (χ3n) is 4.37. The van der Waals surface area contributed by atoms with Crippen molar-refractivity contribution in [2.24, 2.45) is 10.9 Å². The summed E-state index contributed by atoms with van der Waals surface area (Å²) in [5.74, 6) is 0.405. The van der Waals surface area contributed by atoms with Gasteiger partial charge < -0.3 is 29.5 Å². The van der Waals surface area contributed by atoms with E-state index in [2.05, 4.69) is 35.0 Å². The van der Waals surface area contributed by atoms with Crippen molar-refractivity contribution < 1.29 is 46.4 Å². The molecule has 17 heteroatoms. The molecule has 1 aromatic rings. The molecule has 0 bridgehead atoms. The molecule has 0 spiro atoms. The lowest BCUT2D eigenvalue weighted by atomic mass is 9.76. The number of nitrogens with zero attached hydrogens (tertiary/aromatic N) is 3. The van der Waals surface area contributed by atoms with Crippen LogP contribution in [0.1, 0.15) is 31.1 Å². The first-order valence-corrected chi connectivity index (χ1v) is 12.6. The van der Waals surface area contributed by atoms with Gasteiger partial charge >= 0.3 is 23.5 Å². The lowest BCUT2D eigenvalue weighted by Crippen LogP contribution is -2.33. The van der Waals surface area contributed by atoms with Crippen LogP contribution in [0.15, 0.2) is 23.5 Å². The lowest BCUT2D eigenvalue weighted by Gasteiger charge is -2.39. The number of aromatic nitrogens is 2. The van der Waals surface area contributed by atoms with E-state index >= 15 is 0 Å². The molecule has 0 aromatic carbocycles. The molecule has 5 atom stereocenters. The fourth-order valence-corrected chi connectivity index (χ4v) is 6.05.